The lowest BCUT2D eigenvalue weighted by Crippen LogP contribution is -2.17. The second kappa shape index (κ2) is 5.50. The standard InChI is InChI=1S/C9H6ClF5O2/c10-7-2-1-6(17-9(13,14)15)3-5(7)4-16-8(11)12/h1-3,8H,4H2. The summed E-state index contributed by atoms with van der Waals surface area (Å²) < 4.78 is 66.7. The van der Waals surface area contributed by atoms with Gasteiger partial charge in [-0.05, 0) is 18.2 Å². The van der Waals surface area contributed by atoms with E-state index in [2.05, 4.69) is 9.47 Å². The van der Waals surface area contributed by atoms with Crippen LogP contribution >= 0.6 is 11.6 Å². The quantitative estimate of drug-likeness (QED) is 0.775. The highest BCUT2D eigenvalue weighted by Crippen LogP contribution is 2.27. The first kappa shape index (κ1) is 14.0. The lowest BCUT2D eigenvalue weighted by Gasteiger charge is -2.11. The van der Waals surface area contributed by atoms with Crippen LogP contribution in [0.25, 0.3) is 0 Å². The minimum Gasteiger partial charge on any atom is -0.406 e. The van der Waals surface area contributed by atoms with E-state index in [-0.39, 0.29) is 10.6 Å². The molecule has 0 aliphatic heterocycles. The van der Waals surface area contributed by atoms with E-state index in [1.54, 1.807) is 0 Å². The van der Waals surface area contributed by atoms with Crippen LogP contribution in [-0.4, -0.2) is 13.0 Å². The van der Waals surface area contributed by atoms with Gasteiger partial charge in [0.15, 0.2) is 0 Å². The smallest absolute Gasteiger partial charge is 0.406 e. The van der Waals surface area contributed by atoms with Gasteiger partial charge >= 0.3 is 13.0 Å². The van der Waals surface area contributed by atoms with E-state index in [4.69, 9.17) is 11.6 Å². The molecule has 0 saturated carbocycles. The van der Waals surface area contributed by atoms with Crippen LogP contribution in [0, 0.1) is 0 Å². The van der Waals surface area contributed by atoms with Crippen LogP contribution in [0.5, 0.6) is 5.75 Å². The third-order valence-corrected chi connectivity index (χ3v) is 1.98. The average Bonchev–Trinajstić information content (AvgIpc) is 2.16. The van der Waals surface area contributed by atoms with Gasteiger partial charge in [-0.2, -0.15) is 8.78 Å². The minimum absolute atomic E-state index is 0.0141. The van der Waals surface area contributed by atoms with E-state index in [0.29, 0.717) is 0 Å². The molecule has 1 aromatic carbocycles. The Bertz CT molecular complexity index is 380. The van der Waals surface area contributed by atoms with Crippen molar-refractivity contribution in [2.24, 2.45) is 0 Å². The molecule has 0 atom stereocenters. The van der Waals surface area contributed by atoms with Gasteiger partial charge in [0, 0.05) is 10.6 Å². The van der Waals surface area contributed by atoms with Gasteiger partial charge in [-0.25, -0.2) is 0 Å². The molecule has 8 heteroatoms. The van der Waals surface area contributed by atoms with Crippen LogP contribution in [0.2, 0.25) is 5.02 Å². The van der Waals surface area contributed by atoms with Crippen molar-refractivity contribution >= 4 is 11.6 Å². The van der Waals surface area contributed by atoms with Gasteiger partial charge < -0.3 is 9.47 Å². The van der Waals surface area contributed by atoms with E-state index in [9.17, 15) is 22.0 Å². The fourth-order valence-corrected chi connectivity index (χ4v) is 1.18. The average molecular weight is 277 g/mol. The molecule has 0 spiro atoms. The minimum atomic E-state index is -4.85. The molecule has 2 nitrogen and oxygen atoms in total. The van der Waals surface area contributed by atoms with Crippen molar-refractivity contribution in [1.82, 2.24) is 0 Å². The summed E-state index contributed by atoms with van der Waals surface area (Å²) >= 11 is 5.59. The molecule has 17 heavy (non-hydrogen) atoms. The molecule has 1 aromatic rings. The largest absolute Gasteiger partial charge is 0.573 e. The van der Waals surface area contributed by atoms with Gasteiger partial charge in [0.25, 0.3) is 0 Å². The third kappa shape index (κ3) is 5.18. The Morgan fingerprint density at radius 2 is 1.88 bits per heavy atom. The molecule has 96 valence electrons. The Morgan fingerprint density at radius 1 is 1.24 bits per heavy atom. The first-order valence-corrected chi connectivity index (χ1v) is 4.59. The number of hydrogen-bond donors (Lipinski definition) is 0. The Hall–Kier alpha value is -1.08. The van der Waals surface area contributed by atoms with E-state index in [1.807, 2.05) is 0 Å². The van der Waals surface area contributed by atoms with E-state index >= 15 is 0 Å². The summed E-state index contributed by atoms with van der Waals surface area (Å²) in [6.07, 6.45) is -4.85. The zero-order valence-electron chi connectivity index (χ0n) is 8.10. The summed E-state index contributed by atoms with van der Waals surface area (Å²) in [5.41, 5.74) is -0.0197. The maximum absolute atomic E-state index is 11.9. The highest BCUT2D eigenvalue weighted by molar-refractivity contribution is 6.31. The van der Waals surface area contributed by atoms with Crippen LogP contribution in [0.1, 0.15) is 5.56 Å². The maximum Gasteiger partial charge on any atom is 0.573 e. The van der Waals surface area contributed by atoms with Crippen molar-refractivity contribution in [1.29, 1.82) is 0 Å². The monoisotopic (exact) mass is 276 g/mol. The molecule has 0 unspecified atom stereocenters. The molecule has 0 bridgehead atoms. The molecule has 0 N–H and O–H groups in total. The number of hydrogen-bond acceptors (Lipinski definition) is 2. The van der Waals surface area contributed by atoms with Crippen molar-refractivity contribution in [2.45, 2.75) is 19.6 Å². The molecule has 0 aliphatic carbocycles. The Balaban J connectivity index is 2.79. The number of benzene rings is 1. The second-order valence-electron chi connectivity index (χ2n) is 2.87. The fourth-order valence-electron chi connectivity index (χ4n) is 1.01. The molecule has 0 fully saturated rings. The molecular formula is C9H6ClF5O2. The first-order chi connectivity index (χ1) is 7.78. The lowest BCUT2D eigenvalue weighted by atomic mass is 10.2. The summed E-state index contributed by atoms with van der Waals surface area (Å²) in [6, 6.07) is 2.96. The summed E-state index contributed by atoms with van der Waals surface area (Å²) in [7, 11) is 0. The zero-order valence-corrected chi connectivity index (χ0v) is 8.86. The summed E-state index contributed by atoms with van der Waals surface area (Å²) in [5, 5.41) is 0.0141. The molecule has 1 rings (SSSR count). The summed E-state index contributed by atoms with van der Waals surface area (Å²) in [5.74, 6) is -0.547. The topological polar surface area (TPSA) is 18.5 Å². The molecule has 0 heterocycles. The number of alkyl halides is 5. The number of halogens is 6. The number of ether oxygens (including phenoxy) is 2. The van der Waals surface area contributed by atoms with Gasteiger partial charge in [0.2, 0.25) is 0 Å². The molecule has 0 aliphatic rings. The van der Waals surface area contributed by atoms with E-state index in [1.165, 1.54) is 0 Å². The zero-order chi connectivity index (χ0) is 13.1. The van der Waals surface area contributed by atoms with Gasteiger partial charge in [0.1, 0.15) is 5.75 Å². The highest BCUT2D eigenvalue weighted by atomic mass is 35.5. The van der Waals surface area contributed by atoms with Gasteiger partial charge in [-0.15, -0.1) is 13.2 Å². The normalized spacial score (nSPS) is 11.9. The van der Waals surface area contributed by atoms with Crippen LogP contribution in [-0.2, 0) is 11.3 Å². The third-order valence-electron chi connectivity index (χ3n) is 1.62. The molecule has 0 aromatic heterocycles. The first-order valence-electron chi connectivity index (χ1n) is 4.22. The Morgan fingerprint density at radius 3 is 2.41 bits per heavy atom. The molecule has 0 radical (unpaired) electrons. The molecule has 0 saturated heterocycles. The van der Waals surface area contributed by atoms with E-state index in [0.717, 1.165) is 18.2 Å². The van der Waals surface area contributed by atoms with Crippen LogP contribution in [0.4, 0.5) is 22.0 Å². The van der Waals surface area contributed by atoms with Crippen LogP contribution < -0.4 is 4.74 Å². The van der Waals surface area contributed by atoms with Crippen molar-refractivity contribution < 1.29 is 31.4 Å². The SMILES string of the molecule is FC(F)OCc1cc(OC(F)(F)F)ccc1Cl. The lowest BCUT2D eigenvalue weighted by molar-refractivity contribution is -0.274. The van der Waals surface area contributed by atoms with Crippen LogP contribution in [0.3, 0.4) is 0 Å². The summed E-state index contributed by atoms with van der Waals surface area (Å²) in [6.45, 7) is -3.63. The van der Waals surface area contributed by atoms with E-state index < -0.39 is 25.3 Å². The fraction of sp³-hybridized carbons (Fsp3) is 0.333. The van der Waals surface area contributed by atoms with Crippen LogP contribution in [0.15, 0.2) is 18.2 Å². The maximum atomic E-state index is 11.9. The number of rotatable bonds is 4. The predicted molar refractivity (Wildman–Crippen MR) is 48.9 cm³/mol. The van der Waals surface area contributed by atoms with Crippen molar-refractivity contribution in [3.05, 3.63) is 28.8 Å². The van der Waals surface area contributed by atoms with Crippen molar-refractivity contribution in [2.75, 3.05) is 0 Å². The van der Waals surface area contributed by atoms with Crippen molar-refractivity contribution in [3.8, 4) is 5.75 Å². The Labute approximate surface area is 97.9 Å². The van der Waals surface area contributed by atoms with Gasteiger partial charge in [0.05, 0.1) is 6.61 Å². The van der Waals surface area contributed by atoms with Gasteiger partial charge in [-0.1, -0.05) is 11.6 Å². The summed E-state index contributed by atoms with van der Waals surface area (Å²) in [4.78, 5) is 0. The second-order valence-corrected chi connectivity index (χ2v) is 3.28. The molecular weight excluding hydrogens is 271 g/mol. The highest BCUT2D eigenvalue weighted by Gasteiger charge is 2.31. The van der Waals surface area contributed by atoms with Gasteiger partial charge in [-0.3, -0.25) is 0 Å². The Kier molecular flexibility index (Phi) is 4.53. The van der Waals surface area contributed by atoms with Crippen molar-refractivity contribution in [3.63, 3.8) is 0 Å². The molecule has 0 amide bonds. The predicted octanol–water partition coefficient (Wildman–Crippen LogP) is 3.98.